The first-order valence-corrected chi connectivity index (χ1v) is 23.1. The molecular formula is C54H74O18. The van der Waals surface area contributed by atoms with Crippen LogP contribution in [0.3, 0.4) is 0 Å². The Labute approximate surface area is 421 Å². The molecule has 2 aliphatic heterocycles. The van der Waals surface area contributed by atoms with Crippen molar-refractivity contribution in [1.29, 1.82) is 0 Å². The number of fused-ring (bicyclic) bond motifs is 2. The fraction of sp³-hybridized carbons (Fsp3) is 0.333. The number of benzene rings is 6. The van der Waals surface area contributed by atoms with Gasteiger partial charge in [-0.1, -0.05) is 84.9 Å². The third kappa shape index (κ3) is 17.3. The number of ether oxygens (including phenoxy) is 3. The van der Waals surface area contributed by atoms with Gasteiger partial charge in [0.2, 0.25) is 0 Å². The molecule has 0 spiro atoms. The van der Waals surface area contributed by atoms with Gasteiger partial charge in [0.1, 0.15) is 58.4 Å². The quantitative estimate of drug-likeness (QED) is 0.0715. The minimum Gasteiger partial charge on any atom is -0.508 e. The highest BCUT2D eigenvalue weighted by molar-refractivity contribution is 5.68. The van der Waals surface area contributed by atoms with E-state index < -0.39 is 17.9 Å². The van der Waals surface area contributed by atoms with Gasteiger partial charge < -0.3 is 90.8 Å². The lowest BCUT2D eigenvalue weighted by molar-refractivity contribution is 0.0894. The second-order valence-electron chi connectivity index (χ2n) is 14.1. The maximum Gasteiger partial charge on any atom is 0.157 e. The first-order chi connectivity index (χ1) is 34.6. The number of aliphatic hydroxyl groups excluding tert-OH is 3. The molecule has 0 aromatic heterocycles. The highest BCUT2D eigenvalue weighted by atomic mass is 16.5. The van der Waals surface area contributed by atoms with Gasteiger partial charge >= 0.3 is 0 Å². The molecule has 0 radical (unpaired) electrons. The molecule has 72 heavy (non-hydrogen) atoms. The van der Waals surface area contributed by atoms with E-state index >= 15 is 0 Å². The van der Waals surface area contributed by atoms with Crippen molar-refractivity contribution in [2.45, 2.75) is 85.7 Å². The number of methoxy groups -OCH3 is 1. The van der Waals surface area contributed by atoms with E-state index in [0.29, 0.717) is 40.7 Å². The molecule has 0 aliphatic carbocycles. The first-order valence-electron chi connectivity index (χ1n) is 23.1. The number of aromatic hydroxyl groups is 12. The molecule has 8 rings (SSSR count). The third-order valence-electron chi connectivity index (χ3n) is 9.98. The number of aliphatic hydroxyl groups is 3. The molecule has 18 heteroatoms. The Balaban J connectivity index is 0.00000119. The van der Waals surface area contributed by atoms with E-state index in [-0.39, 0.29) is 106 Å². The standard InChI is InChI=1S/C28H30O10.3C6H6O2.3C2H6.2CH4O/c1-3-14(23-18(32)7-12(29)8-22(23)36-2)24-20(34)10-21(35)26-15(4-5-37-28(24)26)25-19(33)9-17(31)16-6-13(30)11-38-27(16)25;3*7-5-3-1-2-4-6(5)8;5*1-2/h7-10,13-15,29-35H,3-6,11H2,1-2H3;3*1-4,7-8H;3*1-2H3;2*2H,1H3. The van der Waals surface area contributed by atoms with E-state index in [2.05, 4.69) is 0 Å². The van der Waals surface area contributed by atoms with Gasteiger partial charge in [-0.05, 0) is 49.2 Å². The summed E-state index contributed by atoms with van der Waals surface area (Å²) in [6, 6.07) is 23.4. The van der Waals surface area contributed by atoms with Gasteiger partial charge in [0, 0.05) is 84.6 Å². The molecule has 0 bridgehead atoms. The van der Waals surface area contributed by atoms with Crippen molar-refractivity contribution >= 4 is 0 Å². The number of rotatable bonds is 5. The van der Waals surface area contributed by atoms with E-state index in [4.69, 9.17) is 55.1 Å². The third-order valence-corrected chi connectivity index (χ3v) is 9.98. The van der Waals surface area contributed by atoms with Gasteiger partial charge in [-0.15, -0.1) is 0 Å². The Kier molecular flexibility index (Phi) is 30.0. The Morgan fingerprint density at radius 1 is 0.500 bits per heavy atom. The monoisotopic (exact) mass is 1010 g/mol. The van der Waals surface area contributed by atoms with E-state index in [0.717, 1.165) is 14.2 Å². The Morgan fingerprint density at radius 2 is 0.889 bits per heavy atom. The van der Waals surface area contributed by atoms with Gasteiger partial charge in [-0.2, -0.15) is 0 Å². The zero-order valence-corrected chi connectivity index (χ0v) is 42.4. The Hall–Kier alpha value is -7.80. The van der Waals surface area contributed by atoms with E-state index in [1.807, 2.05) is 48.5 Å². The van der Waals surface area contributed by atoms with Crippen molar-refractivity contribution in [2.24, 2.45) is 0 Å². The maximum absolute atomic E-state index is 11.0. The summed E-state index contributed by atoms with van der Waals surface area (Å²) in [5.41, 5.74) is 1.61. The molecule has 18 nitrogen and oxygen atoms in total. The van der Waals surface area contributed by atoms with Crippen LogP contribution in [-0.4, -0.2) is 117 Å². The molecule has 2 heterocycles. The van der Waals surface area contributed by atoms with Crippen LogP contribution in [0.1, 0.15) is 101 Å². The van der Waals surface area contributed by atoms with Crippen molar-refractivity contribution in [3.8, 4) is 86.2 Å². The molecule has 3 unspecified atom stereocenters. The lowest BCUT2D eigenvalue weighted by Gasteiger charge is -2.34. The van der Waals surface area contributed by atoms with Crippen molar-refractivity contribution < 1.29 is 90.8 Å². The van der Waals surface area contributed by atoms with Gasteiger partial charge in [-0.25, -0.2) is 0 Å². The van der Waals surface area contributed by atoms with Crippen molar-refractivity contribution in [3.05, 3.63) is 125 Å². The van der Waals surface area contributed by atoms with E-state index in [1.165, 1.54) is 67.8 Å². The second kappa shape index (κ2) is 33.7. The number of phenolic OH excluding ortho intramolecular Hbond substituents is 12. The Morgan fingerprint density at radius 3 is 1.28 bits per heavy atom. The lowest BCUT2D eigenvalue weighted by atomic mass is 9.79. The van der Waals surface area contributed by atoms with Crippen LogP contribution < -0.4 is 14.2 Å². The number of hydrogen-bond donors (Lipinski definition) is 15. The van der Waals surface area contributed by atoms with Crippen molar-refractivity contribution in [1.82, 2.24) is 0 Å². The van der Waals surface area contributed by atoms with Crippen LogP contribution in [0.15, 0.2) is 97.1 Å². The Bertz CT molecular complexity index is 2330. The zero-order chi connectivity index (χ0) is 55.2. The van der Waals surface area contributed by atoms with Crippen LogP contribution in [0, 0.1) is 0 Å². The lowest BCUT2D eigenvalue weighted by Crippen LogP contribution is -2.27. The fourth-order valence-electron chi connectivity index (χ4n) is 7.13. The predicted octanol–water partition coefficient (Wildman–Crippen LogP) is 9.27. The minimum absolute atomic E-state index is 0.0242. The van der Waals surface area contributed by atoms with Crippen LogP contribution in [0.5, 0.6) is 86.2 Å². The van der Waals surface area contributed by atoms with Crippen LogP contribution in [-0.2, 0) is 6.42 Å². The molecule has 0 fully saturated rings. The molecule has 6 aromatic rings. The van der Waals surface area contributed by atoms with Crippen LogP contribution in [0.4, 0.5) is 0 Å². The predicted molar refractivity (Wildman–Crippen MR) is 275 cm³/mol. The zero-order valence-electron chi connectivity index (χ0n) is 42.4. The first kappa shape index (κ1) is 64.2. The number of phenols is 12. The summed E-state index contributed by atoms with van der Waals surface area (Å²) in [6.45, 7) is 14.0. The van der Waals surface area contributed by atoms with Gasteiger partial charge in [0.15, 0.2) is 34.5 Å². The van der Waals surface area contributed by atoms with Gasteiger partial charge in [0.25, 0.3) is 0 Å². The van der Waals surface area contributed by atoms with Crippen molar-refractivity contribution in [3.63, 3.8) is 0 Å². The average Bonchev–Trinajstić information content (AvgIpc) is 3.39. The SMILES string of the molecule is CC.CC.CC.CCC(c1c(O)cc(O)cc1OC)c1c(O)cc(O)c2c1OCCC2c1c(O)cc(O)c2c1OCC(O)C2.CO.CO.Oc1ccccc1O.Oc1ccccc1O.Oc1ccccc1O. The summed E-state index contributed by atoms with van der Waals surface area (Å²) in [5, 5.41) is 140. The van der Waals surface area contributed by atoms with Crippen molar-refractivity contribution in [2.75, 3.05) is 34.5 Å². The fourth-order valence-corrected chi connectivity index (χ4v) is 7.13. The highest BCUT2D eigenvalue weighted by Gasteiger charge is 2.39. The summed E-state index contributed by atoms with van der Waals surface area (Å²) < 4.78 is 17.2. The summed E-state index contributed by atoms with van der Waals surface area (Å²) in [4.78, 5) is 0. The average molecular weight is 1010 g/mol. The summed E-state index contributed by atoms with van der Waals surface area (Å²) >= 11 is 0. The highest BCUT2D eigenvalue weighted by Crippen LogP contribution is 2.57. The smallest absolute Gasteiger partial charge is 0.157 e. The number of hydrogen-bond acceptors (Lipinski definition) is 18. The molecular weight excluding hydrogens is 937 g/mol. The van der Waals surface area contributed by atoms with Gasteiger partial charge in [-0.3, -0.25) is 0 Å². The van der Waals surface area contributed by atoms with E-state index in [9.17, 15) is 35.7 Å². The van der Waals surface area contributed by atoms with Gasteiger partial charge in [0.05, 0.1) is 19.8 Å². The molecule has 2 aliphatic rings. The molecule has 6 aromatic carbocycles. The minimum atomic E-state index is -0.817. The summed E-state index contributed by atoms with van der Waals surface area (Å²) in [5.74, 6) is -2.52. The second-order valence-corrected chi connectivity index (χ2v) is 14.1. The molecule has 398 valence electrons. The summed E-state index contributed by atoms with van der Waals surface area (Å²) in [7, 11) is 3.40. The van der Waals surface area contributed by atoms with E-state index in [1.54, 1.807) is 36.4 Å². The molecule has 0 saturated carbocycles. The topological polar surface area (TPSA) is 331 Å². The van der Waals surface area contributed by atoms with Crippen LogP contribution in [0.25, 0.3) is 0 Å². The maximum atomic E-state index is 11.0. The molecule has 3 atom stereocenters. The molecule has 0 amide bonds. The summed E-state index contributed by atoms with van der Waals surface area (Å²) in [6.07, 6.45) is 0.0400. The number of para-hydroxylation sites is 6. The van der Waals surface area contributed by atoms with Crippen LogP contribution >= 0.6 is 0 Å². The normalized spacial score (nSPS) is 13.5. The van der Waals surface area contributed by atoms with Crippen LogP contribution in [0.2, 0.25) is 0 Å². The largest absolute Gasteiger partial charge is 0.508 e. The molecule has 15 N–H and O–H groups in total. The molecule has 0 saturated heterocycles.